The van der Waals surface area contributed by atoms with E-state index in [1.165, 1.54) is 20.3 Å². The summed E-state index contributed by atoms with van der Waals surface area (Å²) in [5.41, 5.74) is -0.277. The van der Waals surface area contributed by atoms with Crippen molar-refractivity contribution in [1.82, 2.24) is 5.32 Å². The molecule has 1 amide bonds. The number of nitrogens with one attached hydrogen (secondary N) is 1. The van der Waals surface area contributed by atoms with E-state index in [1.807, 2.05) is 0 Å². The van der Waals surface area contributed by atoms with Gasteiger partial charge in [0.1, 0.15) is 0 Å². The lowest BCUT2D eigenvalue weighted by molar-refractivity contribution is -0.137. The molecule has 0 radical (unpaired) electrons. The number of halogens is 4. The predicted octanol–water partition coefficient (Wildman–Crippen LogP) is 5.27. The van der Waals surface area contributed by atoms with Crippen LogP contribution in [0.1, 0.15) is 11.1 Å². The van der Waals surface area contributed by atoms with E-state index in [0.29, 0.717) is 22.0 Å². The number of aliphatic imine (C=N–C) groups is 1. The Labute approximate surface area is 173 Å². The molecule has 0 unspecified atom stereocenters. The number of carbonyl (C=O) groups is 1. The minimum Gasteiger partial charge on any atom is -0.493 e. The minimum absolute atomic E-state index is 0.0249. The number of nitrogens with zero attached hydrogens (tertiary/aromatic N) is 1. The van der Waals surface area contributed by atoms with E-state index < -0.39 is 22.7 Å². The van der Waals surface area contributed by atoms with Crippen LogP contribution < -0.4 is 14.8 Å². The second-order valence-corrected chi connectivity index (χ2v) is 7.20. The standard InChI is InChI=1S/C19H14ClF3N2O3S/c1-27-14-6-3-10(7-15(14)28-2)8-16-17(26)25-18(29-16)24-11-4-5-13(20)12(9-11)19(21,22)23/h3-9H,1-2H3,(H,24,25,26). The summed E-state index contributed by atoms with van der Waals surface area (Å²) in [4.78, 5) is 16.6. The maximum atomic E-state index is 13.0. The fourth-order valence-corrected chi connectivity index (χ4v) is 3.56. The Morgan fingerprint density at radius 1 is 1.10 bits per heavy atom. The van der Waals surface area contributed by atoms with Gasteiger partial charge in [-0.25, -0.2) is 4.99 Å². The van der Waals surface area contributed by atoms with E-state index in [-0.39, 0.29) is 10.9 Å². The Hall–Kier alpha value is -2.65. The third kappa shape index (κ3) is 4.86. The zero-order valence-corrected chi connectivity index (χ0v) is 16.7. The van der Waals surface area contributed by atoms with Crippen LogP contribution in [0.3, 0.4) is 0 Å². The average Bonchev–Trinajstić information content (AvgIpc) is 3.01. The van der Waals surface area contributed by atoms with E-state index in [9.17, 15) is 18.0 Å². The van der Waals surface area contributed by atoms with Gasteiger partial charge in [0.2, 0.25) is 0 Å². The van der Waals surface area contributed by atoms with Crippen molar-refractivity contribution in [2.75, 3.05) is 14.2 Å². The molecule has 152 valence electrons. The zero-order chi connectivity index (χ0) is 21.2. The van der Waals surface area contributed by atoms with Crippen LogP contribution in [0.4, 0.5) is 18.9 Å². The summed E-state index contributed by atoms with van der Waals surface area (Å²) in [7, 11) is 3.01. The number of methoxy groups -OCH3 is 2. The van der Waals surface area contributed by atoms with Gasteiger partial charge in [0.15, 0.2) is 16.7 Å². The topological polar surface area (TPSA) is 59.9 Å². The number of benzene rings is 2. The molecule has 1 N–H and O–H groups in total. The normalized spacial score (nSPS) is 17.0. The van der Waals surface area contributed by atoms with Crippen molar-refractivity contribution in [1.29, 1.82) is 0 Å². The molecule has 2 aromatic rings. The third-order valence-electron chi connectivity index (χ3n) is 3.84. The van der Waals surface area contributed by atoms with Crippen molar-refractivity contribution in [3.63, 3.8) is 0 Å². The maximum Gasteiger partial charge on any atom is 0.417 e. The molecule has 2 aromatic carbocycles. The number of carbonyl (C=O) groups excluding carboxylic acids is 1. The number of alkyl halides is 3. The monoisotopic (exact) mass is 442 g/mol. The summed E-state index contributed by atoms with van der Waals surface area (Å²) in [5, 5.41) is 2.28. The molecule has 1 aliphatic heterocycles. The van der Waals surface area contributed by atoms with Crippen LogP contribution in [0.2, 0.25) is 5.02 Å². The van der Waals surface area contributed by atoms with Crippen LogP contribution in [-0.4, -0.2) is 25.3 Å². The summed E-state index contributed by atoms with van der Waals surface area (Å²) >= 11 is 6.62. The summed E-state index contributed by atoms with van der Waals surface area (Å²) in [6.45, 7) is 0. The van der Waals surface area contributed by atoms with Gasteiger partial charge >= 0.3 is 6.18 Å². The number of hydrogen-bond donors (Lipinski definition) is 1. The molecule has 1 aliphatic rings. The van der Waals surface area contributed by atoms with Gasteiger partial charge in [0.25, 0.3) is 5.91 Å². The Balaban J connectivity index is 1.86. The van der Waals surface area contributed by atoms with Gasteiger partial charge in [0, 0.05) is 0 Å². The van der Waals surface area contributed by atoms with E-state index in [4.69, 9.17) is 21.1 Å². The van der Waals surface area contributed by atoms with E-state index >= 15 is 0 Å². The second-order valence-electron chi connectivity index (χ2n) is 5.76. The quantitative estimate of drug-likeness (QED) is 0.655. The molecule has 0 bridgehead atoms. The van der Waals surface area contributed by atoms with Crippen LogP contribution in [0.5, 0.6) is 11.5 Å². The highest BCUT2D eigenvalue weighted by Crippen LogP contribution is 2.37. The Kier molecular flexibility index (Phi) is 6.09. The third-order valence-corrected chi connectivity index (χ3v) is 5.08. The summed E-state index contributed by atoms with van der Waals surface area (Å²) in [5.74, 6) is 0.636. The number of hydrogen-bond acceptors (Lipinski definition) is 5. The van der Waals surface area contributed by atoms with Crippen LogP contribution >= 0.6 is 23.4 Å². The number of thioether (sulfide) groups is 1. The lowest BCUT2D eigenvalue weighted by Crippen LogP contribution is -2.19. The lowest BCUT2D eigenvalue weighted by Gasteiger charge is -2.09. The van der Waals surface area contributed by atoms with Gasteiger partial charge in [0.05, 0.1) is 35.4 Å². The maximum absolute atomic E-state index is 13.0. The molecule has 10 heteroatoms. The highest BCUT2D eigenvalue weighted by molar-refractivity contribution is 8.18. The second kappa shape index (κ2) is 8.38. The summed E-state index contributed by atoms with van der Waals surface area (Å²) < 4.78 is 49.4. The molecule has 0 aromatic heterocycles. The molecule has 29 heavy (non-hydrogen) atoms. The first-order chi connectivity index (χ1) is 13.7. The van der Waals surface area contributed by atoms with Crippen LogP contribution in [0.25, 0.3) is 6.08 Å². The predicted molar refractivity (Wildman–Crippen MR) is 107 cm³/mol. The van der Waals surface area contributed by atoms with Crippen molar-refractivity contribution in [3.05, 3.63) is 57.5 Å². The van der Waals surface area contributed by atoms with E-state index in [0.717, 1.165) is 23.9 Å². The van der Waals surface area contributed by atoms with E-state index in [2.05, 4.69) is 10.3 Å². The number of ether oxygens (including phenoxy) is 2. The van der Waals surface area contributed by atoms with Crippen molar-refractivity contribution < 1.29 is 27.4 Å². The molecule has 0 atom stereocenters. The van der Waals surface area contributed by atoms with Crippen molar-refractivity contribution >= 4 is 46.2 Å². The number of amides is 1. The first-order valence-corrected chi connectivity index (χ1v) is 9.29. The SMILES string of the molecule is COc1ccc(C=C2SC(=Nc3ccc(Cl)c(C(F)(F)F)c3)NC2=O)cc1OC. The highest BCUT2D eigenvalue weighted by atomic mass is 35.5. The zero-order valence-electron chi connectivity index (χ0n) is 15.1. The largest absolute Gasteiger partial charge is 0.493 e. The summed E-state index contributed by atoms with van der Waals surface area (Å²) in [6, 6.07) is 8.43. The van der Waals surface area contributed by atoms with Crippen molar-refractivity contribution in [3.8, 4) is 11.5 Å². The molecule has 1 heterocycles. The Bertz CT molecular complexity index is 1020. The van der Waals surface area contributed by atoms with Crippen molar-refractivity contribution in [2.24, 2.45) is 4.99 Å². The molecule has 0 spiro atoms. The first-order valence-electron chi connectivity index (χ1n) is 8.09. The average molecular weight is 443 g/mol. The Morgan fingerprint density at radius 2 is 1.83 bits per heavy atom. The molecule has 0 aliphatic carbocycles. The number of amidine groups is 1. The highest BCUT2D eigenvalue weighted by Gasteiger charge is 2.33. The van der Waals surface area contributed by atoms with Gasteiger partial charge in [-0.3, -0.25) is 4.79 Å². The smallest absolute Gasteiger partial charge is 0.417 e. The molecule has 1 fully saturated rings. The van der Waals surface area contributed by atoms with Gasteiger partial charge < -0.3 is 14.8 Å². The lowest BCUT2D eigenvalue weighted by atomic mass is 10.2. The fourth-order valence-electron chi connectivity index (χ4n) is 2.49. The van der Waals surface area contributed by atoms with E-state index in [1.54, 1.807) is 24.3 Å². The van der Waals surface area contributed by atoms with Gasteiger partial charge in [-0.2, -0.15) is 13.2 Å². The fraction of sp³-hybridized carbons (Fsp3) is 0.158. The molecular weight excluding hydrogens is 429 g/mol. The van der Waals surface area contributed by atoms with Crippen LogP contribution in [0, 0.1) is 0 Å². The van der Waals surface area contributed by atoms with Gasteiger partial charge in [-0.05, 0) is 53.7 Å². The van der Waals surface area contributed by atoms with Crippen LogP contribution in [0.15, 0.2) is 46.3 Å². The van der Waals surface area contributed by atoms with Crippen LogP contribution in [-0.2, 0) is 11.0 Å². The Morgan fingerprint density at radius 3 is 2.48 bits per heavy atom. The molecular formula is C19H14ClF3N2O3S. The molecule has 3 rings (SSSR count). The van der Waals surface area contributed by atoms with Gasteiger partial charge in [-0.1, -0.05) is 17.7 Å². The minimum atomic E-state index is -4.60. The first kappa shape index (κ1) is 21.1. The van der Waals surface area contributed by atoms with Gasteiger partial charge in [-0.15, -0.1) is 0 Å². The summed E-state index contributed by atoms with van der Waals surface area (Å²) in [6.07, 6.45) is -2.98. The van der Waals surface area contributed by atoms with Crippen molar-refractivity contribution in [2.45, 2.75) is 6.18 Å². The molecule has 5 nitrogen and oxygen atoms in total. The number of rotatable bonds is 4. The molecule has 1 saturated heterocycles. The molecule has 0 saturated carbocycles.